The smallest absolute Gasteiger partial charge is 0.124 e. The molecule has 106 valence electrons. The zero-order valence-electron chi connectivity index (χ0n) is 11.6. The Labute approximate surface area is 124 Å². The summed E-state index contributed by atoms with van der Waals surface area (Å²) in [6.45, 7) is 3.99. The second-order valence-corrected chi connectivity index (χ2v) is 5.23. The molecular formula is C16H19ClN2O. The van der Waals surface area contributed by atoms with Gasteiger partial charge in [-0.05, 0) is 31.5 Å². The first-order chi connectivity index (χ1) is 9.63. The van der Waals surface area contributed by atoms with E-state index in [2.05, 4.69) is 5.43 Å². The van der Waals surface area contributed by atoms with Crippen molar-refractivity contribution >= 4 is 11.6 Å². The Morgan fingerprint density at radius 3 is 2.20 bits per heavy atom. The van der Waals surface area contributed by atoms with E-state index in [1.807, 2.05) is 62.4 Å². The molecule has 2 aromatic rings. The van der Waals surface area contributed by atoms with Gasteiger partial charge in [0.05, 0.1) is 12.1 Å². The first-order valence-corrected chi connectivity index (χ1v) is 6.97. The van der Waals surface area contributed by atoms with Gasteiger partial charge in [0.1, 0.15) is 5.75 Å². The van der Waals surface area contributed by atoms with Gasteiger partial charge in [0, 0.05) is 10.6 Å². The lowest BCUT2D eigenvalue weighted by molar-refractivity contribution is 0.238. The molecule has 3 nitrogen and oxygen atoms in total. The van der Waals surface area contributed by atoms with E-state index < -0.39 is 0 Å². The lowest BCUT2D eigenvalue weighted by Crippen LogP contribution is -2.29. The number of hydrogen-bond acceptors (Lipinski definition) is 3. The number of nitrogens with two attached hydrogens (primary N) is 1. The SMILES string of the molecule is CC(C)Oc1ccccc1C(NN)c1ccccc1Cl. The highest BCUT2D eigenvalue weighted by molar-refractivity contribution is 6.31. The van der Waals surface area contributed by atoms with Crippen molar-refractivity contribution < 1.29 is 4.74 Å². The Morgan fingerprint density at radius 2 is 1.60 bits per heavy atom. The summed E-state index contributed by atoms with van der Waals surface area (Å²) in [6, 6.07) is 15.3. The number of para-hydroxylation sites is 1. The Morgan fingerprint density at radius 1 is 1.00 bits per heavy atom. The van der Waals surface area contributed by atoms with Crippen molar-refractivity contribution in [2.75, 3.05) is 0 Å². The number of hydrogen-bond donors (Lipinski definition) is 2. The van der Waals surface area contributed by atoms with Crippen molar-refractivity contribution in [3.63, 3.8) is 0 Å². The first-order valence-electron chi connectivity index (χ1n) is 6.59. The molecule has 0 aliphatic carbocycles. The third-order valence-corrected chi connectivity index (χ3v) is 3.32. The summed E-state index contributed by atoms with van der Waals surface area (Å²) in [4.78, 5) is 0. The highest BCUT2D eigenvalue weighted by Crippen LogP contribution is 2.33. The molecule has 2 rings (SSSR count). The molecule has 0 radical (unpaired) electrons. The molecule has 0 heterocycles. The Bertz CT molecular complexity index is 572. The molecule has 1 unspecified atom stereocenters. The lowest BCUT2D eigenvalue weighted by Gasteiger charge is -2.22. The van der Waals surface area contributed by atoms with Crippen LogP contribution in [0.5, 0.6) is 5.75 Å². The van der Waals surface area contributed by atoms with Gasteiger partial charge in [-0.1, -0.05) is 48.0 Å². The Hall–Kier alpha value is -1.55. The van der Waals surface area contributed by atoms with Gasteiger partial charge in [-0.25, -0.2) is 5.43 Å². The van der Waals surface area contributed by atoms with Crippen molar-refractivity contribution in [2.45, 2.75) is 26.0 Å². The Balaban J connectivity index is 2.45. The van der Waals surface area contributed by atoms with Gasteiger partial charge in [0.2, 0.25) is 0 Å². The number of halogens is 1. The fourth-order valence-corrected chi connectivity index (χ4v) is 2.38. The average Bonchev–Trinajstić information content (AvgIpc) is 2.43. The van der Waals surface area contributed by atoms with Crippen LogP contribution in [0, 0.1) is 0 Å². The summed E-state index contributed by atoms with van der Waals surface area (Å²) in [7, 11) is 0. The third-order valence-electron chi connectivity index (χ3n) is 2.98. The van der Waals surface area contributed by atoms with E-state index in [1.165, 1.54) is 0 Å². The quantitative estimate of drug-likeness (QED) is 0.652. The summed E-state index contributed by atoms with van der Waals surface area (Å²) in [5, 5.41) is 0.676. The molecular weight excluding hydrogens is 272 g/mol. The van der Waals surface area contributed by atoms with Crippen LogP contribution >= 0.6 is 11.6 Å². The minimum absolute atomic E-state index is 0.0980. The number of nitrogens with one attached hydrogen (secondary N) is 1. The third kappa shape index (κ3) is 3.31. The topological polar surface area (TPSA) is 47.3 Å². The van der Waals surface area contributed by atoms with Gasteiger partial charge >= 0.3 is 0 Å². The molecule has 0 aromatic heterocycles. The highest BCUT2D eigenvalue weighted by Gasteiger charge is 2.19. The molecule has 0 spiro atoms. The maximum Gasteiger partial charge on any atom is 0.124 e. The number of ether oxygens (including phenoxy) is 1. The first kappa shape index (κ1) is 14.9. The molecule has 0 fully saturated rings. The van der Waals surface area contributed by atoms with Crippen LogP contribution in [0.1, 0.15) is 31.0 Å². The monoisotopic (exact) mass is 290 g/mol. The average molecular weight is 291 g/mol. The van der Waals surface area contributed by atoms with Crippen LogP contribution in [0.25, 0.3) is 0 Å². The molecule has 4 heteroatoms. The molecule has 0 aliphatic rings. The molecule has 20 heavy (non-hydrogen) atoms. The summed E-state index contributed by atoms with van der Waals surface area (Å²) in [5.74, 6) is 6.55. The molecule has 0 aliphatic heterocycles. The highest BCUT2D eigenvalue weighted by atomic mass is 35.5. The van der Waals surface area contributed by atoms with E-state index >= 15 is 0 Å². The van der Waals surface area contributed by atoms with Crippen LogP contribution in [0.2, 0.25) is 5.02 Å². The Kier molecular flexibility index (Phi) is 5.01. The fraction of sp³-hybridized carbons (Fsp3) is 0.250. The van der Waals surface area contributed by atoms with E-state index in [4.69, 9.17) is 22.2 Å². The van der Waals surface area contributed by atoms with Gasteiger partial charge in [-0.15, -0.1) is 0 Å². The van der Waals surface area contributed by atoms with Crippen molar-refractivity contribution in [2.24, 2.45) is 5.84 Å². The van der Waals surface area contributed by atoms with E-state index in [1.54, 1.807) is 0 Å². The van der Waals surface area contributed by atoms with Crippen LogP contribution in [0.15, 0.2) is 48.5 Å². The maximum absolute atomic E-state index is 6.27. The molecule has 0 bridgehead atoms. The zero-order chi connectivity index (χ0) is 14.5. The summed E-state index contributed by atoms with van der Waals surface area (Å²) >= 11 is 6.27. The van der Waals surface area contributed by atoms with Gasteiger partial charge in [0.15, 0.2) is 0 Å². The molecule has 2 aromatic carbocycles. The predicted molar refractivity (Wildman–Crippen MR) is 82.8 cm³/mol. The standard InChI is InChI=1S/C16H19ClN2O/c1-11(2)20-15-10-6-4-8-13(15)16(19-18)12-7-3-5-9-14(12)17/h3-11,16,19H,18H2,1-2H3. The summed E-state index contributed by atoms with van der Waals surface area (Å²) in [6.07, 6.45) is 0.0980. The largest absolute Gasteiger partial charge is 0.491 e. The number of rotatable bonds is 5. The molecule has 3 N–H and O–H groups in total. The van der Waals surface area contributed by atoms with Crippen LogP contribution in [-0.2, 0) is 0 Å². The zero-order valence-corrected chi connectivity index (χ0v) is 12.4. The summed E-state index contributed by atoms with van der Waals surface area (Å²) < 4.78 is 5.85. The van der Waals surface area contributed by atoms with E-state index in [0.717, 1.165) is 16.9 Å². The fourth-order valence-electron chi connectivity index (χ4n) is 2.14. The lowest BCUT2D eigenvalue weighted by atomic mass is 9.98. The molecule has 0 amide bonds. The van der Waals surface area contributed by atoms with Gasteiger partial charge in [-0.2, -0.15) is 0 Å². The summed E-state index contributed by atoms with van der Waals surface area (Å²) in [5.41, 5.74) is 4.72. The van der Waals surface area contributed by atoms with Crippen LogP contribution in [0.3, 0.4) is 0 Å². The maximum atomic E-state index is 6.27. The van der Waals surface area contributed by atoms with Crippen LogP contribution < -0.4 is 16.0 Å². The second-order valence-electron chi connectivity index (χ2n) is 4.83. The van der Waals surface area contributed by atoms with Gasteiger partial charge in [0.25, 0.3) is 0 Å². The predicted octanol–water partition coefficient (Wildman–Crippen LogP) is 3.68. The van der Waals surface area contributed by atoms with Crippen molar-refractivity contribution in [1.29, 1.82) is 0 Å². The number of benzene rings is 2. The van der Waals surface area contributed by atoms with Crippen molar-refractivity contribution in [3.05, 3.63) is 64.7 Å². The normalized spacial score (nSPS) is 12.4. The minimum Gasteiger partial charge on any atom is -0.491 e. The molecule has 0 saturated heterocycles. The molecule has 0 saturated carbocycles. The van der Waals surface area contributed by atoms with E-state index in [0.29, 0.717) is 5.02 Å². The van der Waals surface area contributed by atoms with Gasteiger partial charge in [-0.3, -0.25) is 5.84 Å². The minimum atomic E-state index is -0.210. The van der Waals surface area contributed by atoms with E-state index in [9.17, 15) is 0 Å². The van der Waals surface area contributed by atoms with Crippen molar-refractivity contribution in [3.8, 4) is 5.75 Å². The van der Waals surface area contributed by atoms with Crippen LogP contribution in [0.4, 0.5) is 0 Å². The van der Waals surface area contributed by atoms with E-state index in [-0.39, 0.29) is 12.1 Å². The molecule has 1 atom stereocenters. The number of hydrazine groups is 1. The van der Waals surface area contributed by atoms with Gasteiger partial charge < -0.3 is 4.74 Å². The van der Waals surface area contributed by atoms with Crippen molar-refractivity contribution in [1.82, 2.24) is 5.43 Å². The van der Waals surface area contributed by atoms with Crippen LogP contribution in [-0.4, -0.2) is 6.10 Å². The second kappa shape index (κ2) is 6.75.